The molecule has 2 N–H and O–H groups in total. The number of anilines is 2. The van der Waals surface area contributed by atoms with E-state index in [9.17, 15) is 4.79 Å². The number of hydrogen-bond acceptors (Lipinski definition) is 5. The number of benzene rings is 3. The summed E-state index contributed by atoms with van der Waals surface area (Å²) in [5.41, 5.74) is 1.89. The van der Waals surface area contributed by atoms with Crippen LogP contribution in [-0.2, 0) is 0 Å². The van der Waals surface area contributed by atoms with Crippen LogP contribution in [0, 0.1) is 11.3 Å². The Morgan fingerprint density at radius 1 is 0.964 bits per heavy atom. The molecule has 0 aliphatic carbocycles. The van der Waals surface area contributed by atoms with Crippen LogP contribution < -0.4 is 15.4 Å². The van der Waals surface area contributed by atoms with Gasteiger partial charge >= 0.3 is 6.03 Å². The van der Waals surface area contributed by atoms with E-state index in [0.29, 0.717) is 22.1 Å². The van der Waals surface area contributed by atoms with E-state index in [0.717, 1.165) is 16.0 Å². The van der Waals surface area contributed by atoms with Gasteiger partial charge in [-0.15, -0.1) is 0 Å². The van der Waals surface area contributed by atoms with Gasteiger partial charge in [0.05, 0.1) is 21.8 Å². The van der Waals surface area contributed by atoms with E-state index in [4.69, 9.17) is 10.00 Å². The van der Waals surface area contributed by atoms with Gasteiger partial charge < -0.3 is 10.1 Å². The molecule has 0 saturated carbocycles. The molecule has 0 unspecified atom stereocenters. The highest BCUT2D eigenvalue weighted by Crippen LogP contribution is 2.27. The monoisotopic (exact) mass is 386 g/mol. The number of fused-ring (bicyclic) bond motifs is 1. The summed E-state index contributed by atoms with van der Waals surface area (Å²) in [5, 5.41) is 14.9. The first-order valence-corrected chi connectivity index (χ1v) is 9.23. The molecule has 136 valence electrons. The van der Waals surface area contributed by atoms with Gasteiger partial charge in [0.15, 0.2) is 5.13 Å². The molecule has 0 bridgehead atoms. The van der Waals surface area contributed by atoms with E-state index in [1.54, 1.807) is 36.4 Å². The van der Waals surface area contributed by atoms with E-state index in [-0.39, 0.29) is 0 Å². The molecule has 0 fully saturated rings. The zero-order valence-electron chi connectivity index (χ0n) is 14.5. The first kappa shape index (κ1) is 17.5. The molecule has 2 amide bonds. The van der Waals surface area contributed by atoms with Gasteiger partial charge in [-0.25, -0.2) is 9.78 Å². The maximum atomic E-state index is 12.3. The van der Waals surface area contributed by atoms with E-state index < -0.39 is 6.03 Å². The molecule has 1 aromatic heterocycles. The Morgan fingerprint density at radius 2 is 1.79 bits per heavy atom. The molecule has 4 rings (SSSR count). The Morgan fingerprint density at radius 3 is 2.61 bits per heavy atom. The molecule has 1 heterocycles. The first-order chi connectivity index (χ1) is 13.7. The minimum absolute atomic E-state index is 0.406. The van der Waals surface area contributed by atoms with Crippen molar-refractivity contribution in [2.75, 3.05) is 10.6 Å². The van der Waals surface area contributed by atoms with Crippen LogP contribution >= 0.6 is 11.3 Å². The summed E-state index contributed by atoms with van der Waals surface area (Å²) in [6, 6.07) is 23.4. The minimum atomic E-state index is -0.406. The van der Waals surface area contributed by atoms with Crippen molar-refractivity contribution >= 4 is 38.4 Å². The van der Waals surface area contributed by atoms with E-state index >= 15 is 0 Å². The van der Waals surface area contributed by atoms with Crippen LogP contribution in [0.4, 0.5) is 15.6 Å². The van der Waals surface area contributed by atoms with Crippen LogP contribution in [0.25, 0.3) is 10.2 Å². The zero-order chi connectivity index (χ0) is 19.3. The van der Waals surface area contributed by atoms with Crippen molar-refractivity contribution in [3.63, 3.8) is 0 Å². The lowest BCUT2D eigenvalue weighted by Crippen LogP contribution is -2.19. The highest BCUT2D eigenvalue weighted by atomic mass is 32.1. The lowest BCUT2D eigenvalue weighted by molar-refractivity contribution is 0.262. The van der Waals surface area contributed by atoms with Crippen LogP contribution in [0.3, 0.4) is 0 Å². The molecule has 4 aromatic rings. The highest BCUT2D eigenvalue weighted by Gasteiger charge is 2.09. The van der Waals surface area contributed by atoms with Gasteiger partial charge in [0.1, 0.15) is 11.5 Å². The maximum Gasteiger partial charge on any atom is 0.325 e. The molecule has 7 heteroatoms. The topological polar surface area (TPSA) is 87.0 Å². The third-order valence-corrected chi connectivity index (χ3v) is 4.74. The van der Waals surface area contributed by atoms with Crippen molar-refractivity contribution in [3.8, 4) is 17.6 Å². The largest absolute Gasteiger partial charge is 0.457 e. The quantitative estimate of drug-likeness (QED) is 0.478. The van der Waals surface area contributed by atoms with Crippen LogP contribution in [0.15, 0.2) is 72.8 Å². The minimum Gasteiger partial charge on any atom is -0.457 e. The number of rotatable bonds is 4. The van der Waals surface area contributed by atoms with Crippen molar-refractivity contribution in [2.24, 2.45) is 0 Å². The Hall–Kier alpha value is -3.89. The first-order valence-electron chi connectivity index (χ1n) is 8.41. The third-order valence-electron chi connectivity index (χ3n) is 3.81. The van der Waals surface area contributed by atoms with Crippen molar-refractivity contribution in [2.45, 2.75) is 0 Å². The summed E-state index contributed by atoms with van der Waals surface area (Å²) in [4.78, 5) is 16.7. The fourth-order valence-electron chi connectivity index (χ4n) is 2.57. The Bertz CT molecular complexity index is 1180. The van der Waals surface area contributed by atoms with Crippen molar-refractivity contribution in [1.29, 1.82) is 5.26 Å². The van der Waals surface area contributed by atoms with E-state index in [1.165, 1.54) is 11.3 Å². The zero-order valence-corrected chi connectivity index (χ0v) is 15.4. The van der Waals surface area contributed by atoms with Crippen LogP contribution in [0.1, 0.15) is 5.56 Å². The van der Waals surface area contributed by atoms with Gasteiger partial charge in [0.25, 0.3) is 0 Å². The number of carbonyl (C=O) groups is 1. The summed E-state index contributed by atoms with van der Waals surface area (Å²) in [6.45, 7) is 0. The standard InChI is InChI=1S/C21H14N4O2S/c22-13-14-9-10-18-19(11-14)28-21(24-18)25-20(26)23-15-5-4-8-17(12-15)27-16-6-2-1-3-7-16/h1-12H,(H2,23,24,25,26). The number of hydrogen-bond donors (Lipinski definition) is 2. The Balaban J connectivity index is 1.44. The van der Waals surface area contributed by atoms with Crippen LogP contribution in [0.5, 0.6) is 11.5 Å². The second kappa shape index (κ2) is 7.78. The molecule has 0 radical (unpaired) electrons. The molecule has 0 atom stereocenters. The molecule has 0 saturated heterocycles. The molecule has 0 aliphatic rings. The number of ether oxygens (including phenoxy) is 1. The van der Waals surface area contributed by atoms with Crippen LogP contribution in [-0.4, -0.2) is 11.0 Å². The molecule has 0 spiro atoms. The molecule has 0 aliphatic heterocycles. The lowest BCUT2D eigenvalue weighted by Gasteiger charge is -2.09. The Kier molecular flexibility index (Phi) is 4.87. The second-order valence-corrected chi connectivity index (χ2v) is 6.87. The number of carbonyl (C=O) groups excluding carboxylic acids is 1. The van der Waals surface area contributed by atoms with Gasteiger partial charge in [0.2, 0.25) is 0 Å². The average molecular weight is 386 g/mol. The van der Waals surface area contributed by atoms with Gasteiger partial charge in [-0.05, 0) is 42.5 Å². The number of para-hydroxylation sites is 1. The van der Waals surface area contributed by atoms with Gasteiger partial charge in [-0.1, -0.05) is 35.6 Å². The second-order valence-electron chi connectivity index (χ2n) is 5.84. The molecular formula is C21H14N4O2S. The van der Waals surface area contributed by atoms with E-state index in [1.807, 2.05) is 36.4 Å². The van der Waals surface area contributed by atoms with Gasteiger partial charge in [0, 0.05) is 11.8 Å². The van der Waals surface area contributed by atoms with Crippen molar-refractivity contribution < 1.29 is 9.53 Å². The Labute approximate surface area is 165 Å². The molecule has 28 heavy (non-hydrogen) atoms. The van der Waals surface area contributed by atoms with Crippen molar-refractivity contribution in [1.82, 2.24) is 4.98 Å². The SMILES string of the molecule is N#Cc1ccc2nc(NC(=O)Nc3cccc(Oc4ccccc4)c3)sc2c1. The van der Waals surface area contributed by atoms with Gasteiger partial charge in [-0.2, -0.15) is 5.26 Å². The summed E-state index contributed by atoms with van der Waals surface area (Å²) >= 11 is 1.31. The summed E-state index contributed by atoms with van der Waals surface area (Å²) in [7, 11) is 0. The number of urea groups is 1. The van der Waals surface area contributed by atoms with Gasteiger partial charge in [-0.3, -0.25) is 5.32 Å². The number of nitriles is 1. The number of thiazole rings is 1. The fraction of sp³-hybridized carbons (Fsp3) is 0. The smallest absolute Gasteiger partial charge is 0.325 e. The van der Waals surface area contributed by atoms with Crippen molar-refractivity contribution in [3.05, 3.63) is 78.4 Å². The normalized spacial score (nSPS) is 10.2. The van der Waals surface area contributed by atoms with Crippen LogP contribution in [0.2, 0.25) is 0 Å². The maximum absolute atomic E-state index is 12.3. The number of amides is 2. The lowest BCUT2D eigenvalue weighted by atomic mass is 10.2. The third kappa shape index (κ3) is 4.09. The number of nitrogens with one attached hydrogen (secondary N) is 2. The molecular weight excluding hydrogens is 372 g/mol. The predicted molar refractivity (Wildman–Crippen MR) is 110 cm³/mol. The number of nitrogens with zero attached hydrogens (tertiary/aromatic N) is 2. The predicted octanol–water partition coefficient (Wildman–Crippen LogP) is 5.60. The highest BCUT2D eigenvalue weighted by molar-refractivity contribution is 7.22. The summed E-state index contributed by atoms with van der Waals surface area (Å²) < 4.78 is 6.61. The van der Waals surface area contributed by atoms with E-state index in [2.05, 4.69) is 21.7 Å². The number of aromatic nitrogens is 1. The summed E-state index contributed by atoms with van der Waals surface area (Å²) in [6.07, 6.45) is 0. The summed E-state index contributed by atoms with van der Waals surface area (Å²) in [5.74, 6) is 1.34. The molecule has 3 aromatic carbocycles. The molecule has 6 nitrogen and oxygen atoms in total. The fourth-order valence-corrected chi connectivity index (χ4v) is 3.47. The average Bonchev–Trinajstić information content (AvgIpc) is 3.10.